The first kappa shape index (κ1) is 46.3. The van der Waals surface area contributed by atoms with Gasteiger partial charge in [-0.25, -0.2) is 0 Å². The van der Waals surface area contributed by atoms with Crippen molar-refractivity contribution in [3.63, 3.8) is 0 Å². The predicted molar refractivity (Wildman–Crippen MR) is 304 cm³/mol. The van der Waals surface area contributed by atoms with Gasteiger partial charge in [0.2, 0.25) is 0 Å². The summed E-state index contributed by atoms with van der Waals surface area (Å²) in [6, 6.07) is 68.9. The molecule has 0 fully saturated rings. The van der Waals surface area contributed by atoms with Crippen LogP contribution in [0.3, 0.4) is 0 Å². The van der Waals surface area contributed by atoms with Gasteiger partial charge in [-0.1, -0.05) is 42.5 Å². The molecule has 0 atom stereocenters. The summed E-state index contributed by atoms with van der Waals surface area (Å²) in [6.45, 7) is 20.9. The van der Waals surface area contributed by atoms with Crippen LogP contribution in [0.4, 0.5) is 22.9 Å². The van der Waals surface area contributed by atoms with Crippen molar-refractivity contribution in [2.45, 2.75) is 78.6 Å². The molecule has 0 saturated carbocycles. The van der Waals surface area contributed by atoms with Crippen LogP contribution in [0.1, 0.15) is 79.0 Å². The molecule has 0 aliphatic carbocycles. The summed E-state index contributed by atoms with van der Waals surface area (Å²) < 4.78 is 12.8. The van der Waals surface area contributed by atoms with Gasteiger partial charge in [-0.2, -0.15) is 0 Å². The summed E-state index contributed by atoms with van der Waals surface area (Å²) in [5, 5.41) is 0. The normalized spacial score (nSPS) is 13.5. The Labute approximate surface area is 446 Å². The molecule has 8 aromatic carbocycles. The summed E-state index contributed by atoms with van der Waals surface area (Å²) >= 11 is 2.56. The number of anilines is 4. The Balaban J connectivity index is 0.972. The van der Waals surface area contributed by atoms with Crippen LogP contribution in [-0.2, 0) is 35.6 Å². The monoisotopic (exact) mass is 1140 g/mol. The van der Waals surface area contributed by atoms with Crippen LogP contribution in [0, 0.1) is 3.80 Å². The van der Waals surface area contributed by atoms with Crippen molar-refractivity contribution in [1.82, 2.24) is 14.1 Å². The van der Waals surface area contributed by atoms with Crippen LogP contribution in [0.2, 0.25) is 0 Å². The Morgan fingerprint density at radius 2 is 0.973 bits per heavy atom. The van der Waals surface area contributed by atoms with E-state index in [2.05, 4.69) is 276 Å². The first-order valence-electron chi connectivity index (χ1n) is 25.8. The summed E-state index contributed by atoms with van der Waals surface area (Å²) in [7, 11) is 0. The predicted octanol–water partition coefficient (Wildman–Crippen LogP) is 16.6. The quantitative estimate of drug-likeness (QED) is 0.156. The van der Waals surface area contributed by atoms with Crippen molar-refractivity contribution in [3.05, 3.63) is 209 Å². The molecular formula is C66H58BN5OPt. The summed E-state index contributed by atoms with van der Waals surface area (Å²) in [5.74, 6) is 2.13. The molecule has 0 unspecified atom stereocenters. The zero-order valence-corrected chi connectivity index (χ0v) is 45.7. The van der Waals surface area contributed by atoms with E-state index in [0.29, 0.717) is 11.6 Å². The van der Waals surface area contributed by atoms with Crippen LogP contribution in [0.5, 0.6) is 11.6 Å². The number of imidazole rings is 1. The SMILES string of the molecule is CC(C)(C)c1cc(-c2cc(C(C)(C)C)cc(-c3ccccc3)c2-n2[c](=[Pt])n(-c3cccc(Oc4ccc5c(n4)N4B6c7c(cccc7-5)-c5ccccc5N6c5ccccc54)c3)c3ccccc32)cc(C(C)(C)C)c1. The van der Waals surface area contributed by atoms with E-state index in [9.17, 15) is 0 Å². The van der Waals surface area contributed by atoms with Crippen LogP contribution in [0.25, 0.3) is 66.9 Å². The minimum atomic E-state index is -0.111. The standard InChI is InChI=1S/C66H58BN5O.Pt/c1-64(2,3)44-35-43(36-45(37-44)65(4,5)6)54-39-46(66(7,8)9)38-53(42-21-11-10-12-22-42)62(54)70-41-69(56-29-15-16-30-57(56)70)47-23-19-24-48(40-47)73-60-34-33-52-51-27-20-26-50-49-25-13-14-28-55(49)71-58-31-17-18-32-59(58)72(63(52)68-60)67(71)61(50)51;/h10-40H,1-9H3;. The zero-order chi connectivity index (χ0) is 51.0. The molecule has 8 heteroatoms. The van der Waals surface area contributed by atoms with E-state index in [0.717, 1.165) is 43.3 Å². The Kier molecular flexibility index (Phi) is 10.5. The van der Waals surface area contributed by atoms with Crippen molar-refractivity contribution in [1.29, 1.82) is 0 Å². The van der Waals surface area contributed by atoms with Crippen LogP contribution in [-0.4, -0.2) is 21.1 Å². The first-order valence-corrected chi connectivity index (χ1v) is 26.9. The molecule has 366 valence electrons. The maximum atomic E-state index is 6.90. The summed E-state index contributed by atoms with van der Waals surface area (Å²) in [5.41, 5.74) is 22.5. The van der Waals surface area contributed by atoms with E-state index in [1.54, 1.807) is 0 Å². The topological polar surface area (TPSA) is 38.5 Å². The van der Waals surface area contributed by atoms with Crippen LogP contribution >= 0.6 is 0 Å². The molecule has 0 spiro atoms. The minimum absolute atomic E-state index is 0.0574. The fourth-order valence-corrected chi connectivity index (χ4v) is 12.6. The van der Waals surface area contributed by atoms with Gasteiger partial charge in [0.05, 0.1) is 0 Å². The van der Waals surface area contributed by atoms with Gasteiger partial charge in [0.1, 0.15) is 0 Å². The maximum absolute atomic E-state index is 6.90. The fourth-order valence-electron chi connectivity index (χ4n) is 11.5. The van der Waals surface area contributed by atoms with E-state index in [1.165, 1.54) is 72.5 Å². The number of para-hydroxylation sites is 5. The number of hydrogen-bond acceptors (Lipinski definition) is 4. The third-order valence-corrected chi connectivity index (χ3v) is 16.4. The Morgan fingerprint density at radius 3 is 1.65 bits per heavy atom. The second-order valence-corrected chi connectivity index (χ2v) is 24.3. The molecule has 0 radical (unpaired) electrons. The molecule has 0 amide bonds. The second-order valence-electron chi connectivity index (χ2n) is 23.2. The number of rotatable bonds is 6. The number of nitrogens with zero attached hydrogens (tertiary/aromatic N) is 5. The number of ether oxygens (including phenoxy) is 1. The number of benzene rings is 8. The van der Waals surface area contributed by atoms with Crippen molar-refractivity contribution in [2.75, 3.05) is 9.62 Å². The molecular weight excluding hydrogens is 1080 g/mol. The van der Waals surface area contributed by atoms with E-state index in [1.807, 2.05) is 12.1 Å². The first-order chi connectivity index (χ1) is 35.5. The van der Waals surface area contributed by atoms with Gasteiger partial charge in [0.15, 0.2) is 0 Å². The number of fused-ring (bicyclic) bond motifs is 10. The fraction of sp³-hybridized carbons (Fsp3) is 0.182. The Bertz CT molecular complexity index is 3970. The molecule has 3 aliphatic rings. The third kappa shape index (κ3) is 7.33. The van der Waals surface area contributed by atoms with Gasteiger partial charge in [-0.15, -0.1) is 0 Å². The number of pyridine rings is 1. The van der Waals surface area contributed by atoms with Crippen LogP contribution < -0.4 is 19.8 Å². The van der Waals surface area contributed by atoms with Crippen molar-refractivity contribution < 1.29 is 24.1 Å². The third-order valence-electron chi connectivity index (χ3n) is 15.3. The molecule has 0 bridgehead atoms. The second kappa shape index (κ2) is 16.8. The average Bonchev–Trinajstić information content (AvgIpc) is 3.90. The van der Waals surface area contributed by atoms with Crippen molar-refractivity contribution in [3.8, 4) is 67.5 Å². The molecule has 74 heavy (non-hydrogen) atoms. The molecule has 5 heterocycles. The molecule has 2 aromatic heterocycles. The van der Waals surface area contributed by atoms with E-state index in [4.69, 9.17) is 9.72 Å². The van der Waals surface area contributed by atoms with Gasteiger partial charge in [-0.05, 0) is 17.7 Å². The Hall–Kier alpha value is -7.47. The molecule has 6 nitrogen and oxygen atoms in total. The average molecular weight is 1140 g/mol. The molecule has 10 aromatic rings. The van der Waals surface area contributed by atoms with E-state index in [-0.39, 0.29) is 23.2 Å². The van der Waals surface area contributed by atoms with Gasteiger partial charge in [0, 0.05) is 11.3 Å². The molecule has 3 aliphatic heterocycles. The van der Waals surface area contributed by atoms with Crippen molar-refractivity contribution >= 4 is 46.4 Å². The van der Waals surface area contributed by atoms with Crippen LogP contribution in [0.15, 0.2) is 188 Å². The number of aromatic nitrogens is 3. The van der Waals surface area contributed by atoms with Crippen molar-refractivity contribution in [2.24, 2.45) is 0 Å². The summed E-state index contributed by atoms with van der Waals surface area (Å²) in [4.78, 5) is 10.3. The molecule has 0 saturated heterocycles. The van der Waals surface area contributed by atoms with E-state index < -0.39 is 0 Å². The molecule has 13 rings (SSSR count). The summed E-state index contributed by atoms with van der Waals surface area (Å²) in [6.07, 6.45) is 0. The van der Waals surface area contributed by atoms with Gasteiger partial charge >= 0.3 is 377 Å². The van der Waals surface area contributed by atoms with Gasteiger partial charge in [0.25, 0.3) is 0 Å². The number of hydrogen-bond donors (Lipinski definition) is 0. The molecule has 0 N–H and O–H groups in total. The van der Waals surface area contributed by atoms with Gasteiger partial charge < -0.3 is 0 Å². The van der Waals surface area contributed by atoms with E-state index >= 15 is 0 Å². The zero-order valence-electron chi connectivity index (χ0n) is 43.4. The Morgan fingerprint density at radius 1 is 0.432 bits per heavy atom. The van der Waals surface area contributed by atoms with Gasteiger partial charge in [-0.3, -0.25) is 0 Å².